The Bertz CT molecular complexity index is 766. The van der Waals surface area contributed by atoms with Crippen molar-refractivity contribution in [1.82, 2.24) is 15.2 Å². The molecule has 130 valence electrons. The van der Waals surface area contributed by atoms with Gasteiger partial charge >= 0.3 is 0 Å². The Morgan fingerprint density at radius 1 is 1.00 bits per heavy atom. The molecule has 5 nitrogen and oxygen atoms in total. The molecule has 0 radical (unpaired) electrons. The van der Waals surface area contributed by atoms with Crippen molar-refractivity contribution in [3.05, 3.63) is 65.0 Å². The van der Waals surface area contributed by atoms with Gasteiger partial charge in [0, 0.05) is 42.7 Å². The van der Waals surface area contributed by atoms with E-state index in [-0.39, 0.29) is 17.9 Å². The Hall–Kier alpha value is -2.69. The molecule has 0 spiro atoms. The zero-order valence-corrected chi connectivity index (χ0v) is 14.7. The number of amides is 2. The Balaban J connectivity index is 1.55. The lowest BCUT2D eigenvalue weighted by molar-refractivity contribution is 0.0698. The van der Waals surface area contributed by atoms with Crippen LogP contribution in [0, 0.1) is 13.8 Å². The minimum Gasteiger partial charge on any atom is -0.349 e. The van der Waals surface area contributed by atoms with Gasteiger partial charge < -0.3 is 10.2 Å². The third-order valence-corrected chi connectivity index (χ3v) is 4.81. The van der Waals surface area contributed by atoms with Gasteiger partial charge in [-0.1, -0.05) is 6.07 Å². The van der Waals surface area contributed by atoms with Crippen LogP contribution in [-0.2, 0) is 0 Å². The van der Waals surface area contributed by atoms with Crippen molar-refractivity contribution in [2.45, 2.75) is 32.7 Å². The number of aromatic nitrogens is 1. The lowest BCUT2D eigenvalue weighted by Gasteiger charge is -2.32. The molecule has 1 fully saturated rings. The summed E-state index contributed by atoms with van der Waals surface area (Å²) in [6.45, 7) is 5.38. The average molecular weight is 337 g/mol. The van der Waals surface area contributed by atoms with Crippen LogP contribution in [0.4, 0.5) is 0 Å². The first-order valence-corrected chi connectivity index (χ1v) is 8.62. The minimum absolute atomic E-state index is 0.0713. The van der Waals surface area contributed by atoms with Crippen molar-refractivity contribution in [2.24, 2.45) is 0 Å². The summed E-state index contributed by atoms with van der Waals surface area (Å²) in [5, 5.41) is 3.05. The molecule has 25 heavy (non-hydrogen) atoms. The number of aryl methyl sites for hydroxylation is 2. The van der Waals surface area contributed by atoms with Crippen LogP contribution < -0.4 is 5.32 Å². The van der Waals surface area contributed by atoms with Crippen molar-refractivity contribution < 1.29 is 9.59 Å². The number of pyridine rings is 1. The fourth-order valence-corrected chi connectivity index (χ4v) is 3.06. The summed E-state index contributed by atoms with van der Waals surface area (Å²) in [7, 11) is 0. The molecule has 2 amide bonds. The van der Waals surface area contributed by atoms with Crippen LogP contribution in [-0.4, -0.2) is 40.8 Å². The number of carbonyl (C=O) groups is 2. The molecule has 2 aromatic rings. The number of likely N-dealkylation sites (tertiary alicyclic amines) is 1. The smallest absolute Gasteiger partial charge is 0.253 e. The Morgan fingerprint density at radius 2 is 1.68 bits per heavy atom. The van der Waals surface area contributed by atoms with E-state index in [9.17, 15) is 9.59 Å². The lowest BCUT2D eigenvalue weighted by Crippen LogP contribution is -2.46. The van der Waals surface area contributed by atoms with E-state index in [1.165, 1.54) is 5.56 Å². The molecule has 0 atom stereocenters. The van der Waals surface area contributed by atoms with E-state index >= 15 is 0 Å². The van der Waals surface area contributed by atoms with Crippen molar-refractivity contribution in [3.8, 4) is 0 Å². The zero-order chi connectivity index (χ0) is 17.8. The summed E-state index contributed by atoms with van der Waals surface area (Å²) in [4.78, 5) is 30.6. The van der Waals surface area contributed by atoms with Crippen LogP contribution in [0.25, 0.3) is 0 Å². The van der Waals surface area contributed by atoms with Crippen LogP contribution in [0.3, 0.4) is 0 Å². The highest BCUT2D eigenvalue weighted by atomic mass is 16.2. The summed E-state index contributed by atoms with van der Waals surface area (Å²) in [6.07, 6.45) is 4.76. The Kier molecular flexibility index (Phi) is 5.12. The summed E-state index contributed by atoms with van der Waals surface area (Å²) in [6, 6.07) is 9.34. The Labute approximate surface area is 148 Å². The number of carbonyl (C=O) groups excluding carboxylic acids is 2. The monoisotopic (exact) mass is 337 g/mol. The highest BCUT2D eigenvalue weighted by Crippen LogP contribution is 2.17. The third-order valence-electron chi connectivity index (χ3n) is 4.81. The van der Waals surface area contributed by atoms with E-state index in [0.29, 0.717) is 18.7 Å². The molecule has 1 aliphatic heterocycles. The van der Waals surface area contributed by atoms with Gasteiger partial charge in [0.05, 0.1) is 0 Å². The van der Waals surface area contributed by atoms with Gasteiger partial charge in [0.1, 0.15) is 0 Å². The second-order valence-corrected chi connectivity index (χ2v) is 6.57. The van der Waals surface area contributed by atoms with E-state index in [1.54, 1.807) is 24.5 Å². The average Bonchev–Trinajstić information content (AvgIpc) is 2.65. The molecule has 1 aromatic carbocycles. The maximum Gasteiger partial charge on any atom is 0.253 e. The van der Waals surface area contributed by atoms with Crippen LogP contribution in [0.5, 0.6) is 0 Å². The van der Waals surface area contributed by atoms with E-state index in [4.69, 9.17) is 0 Å². The second kappa shape index (κ2) is 7.47. The molecular formula is C20H23N3O2. The number of hydrogen-bond donors (Lipinski definition) is 1. The quantitative estimate of drug-likeness (QED) is 0.937. The molecule has 1 aliphatic rings. The second-order valence-electron chi connectivity index (χ2n) is 6.57. The van der Waals surface area contributed by atoms with Crippen molar-refractivity contribution >= 4 is 11.8 Å². The third kappa shape index (κ3) is 4.05. The van der Waals surface area contributed by atoms with Gasteiger partial charge in [-0.25, -0.2) is 0 Å². The zero-order valence-electron chi connectivity index (χ0n) is 14.7. The van der Waals surface area contributed by atoms with Gasteiger partial charge in [-0.15, -0.1) is 0 Å². The lowest BCUT2D eigenvalue weighted by atomic mass is 10.0. The van der Waals surface area contributed by atoms with Crippen LogP contribution in [0.15, 0.2) is 42.7 Å². The highest BCUT2D eigenvalue weighted by Gasteiger charge is 2.25. The number of nitrogens with zero attached hydrogens (tertiary/aromatic N) is 2. The molecular weight excluding hydrogens is 314 g/mol. The summed E-state index contributed by atoms with van der Waals surface area (Å²) < 4.78 is 0. The van der Waals surface area contributed by atoms with Crippen LogP contribution in [0.2, 0.25) is 0 Å². The van der Waals surface area contributed by atoms with Crippen molar-refractivity contribution in [3.63, 3.8) is 0 Å². The predicted molar refractivity (Wildman–Crippen MR) is 96.5 cm³/mol. The highest BCUT2D eigenvalue weighted by molar-refractivity contribution is 5.95. The first kappa shape index (κ1) is 17.1. The molecule has 0 unspecified atom stereocenters. The van der Waals surface area contributed by atoms with Gasteiger partial charge in [-0.2, -0.15) is 0 Å². The van der Waals surface area contributed by atoms with Gasteiger partial charge in [0.15, 0.2) is 0 Å². The number of piperidine rings is 1. The summed E-state index contributed by atoms with van der Waals surface area (Å²) in [5.74, 6) is -0.0108. The molecule has 1 N–H and O–H groups in total. The van der Waals surface area contributed by atoms with E-state index in [0.717, 1.165) is 24.0 Å². The van der Waals surface area contributed by atoms with Crippen molar-refractivity contribution in [1.29, 1.82) is 0 Å². The standard InChI is InChI=1S/C20H23N3O2/c1-14-3-4-17(13-15(14)2)20(25)23-11-7-18(8-12-23)22-19(24)16-5-9-21-10-6-16/h3-6,9-10,13,18H,7-8,11-12H2,1-2H3,(H,22,24). The van der Waals surface area contributed by atoms with Crippen LogP contribution >= 0.6 is 0 Å². The fraction of sp³-hybridized carbons (Fsp3) is 0.350. The molecule has 0 bridgehead atoms. The van der Waals surface area contributed by atoms with Crippen LogP contribution in [0.1, 0.15) is 44.7 Å². The largest absolute Gasteiger partial charge is 0.349 e. The summed E-state index contributed by atoms with van der Waals surface area (Å²) in [5.41, 5.74) is 3.67. The van der Waals surface area contributed by atoms with Crippen molar-refractivity contribution in [2.75, 3.05) is 13.1 Å². The maximum atomic E-state index is 12.6. The van der Waals surface area contributed by atoms with E-state index < -0.39 is 0 Å². The topological polar surface area (TPSA) is 62.3 Å². The molecule has 1 aromatic heterocycles. The van der Waals surface area contributed by atoms with Gasteiger partial charge in [0.25, 0.3) is 11.8 Å². The fourth-order valence-electron chi connectivity index (χ4n) is 3.06. The number of rotatable bonds is 3. The summed E-state index contributed by atoms with van der Waals surface area (Å²) >= 11 is 0. The van der Waals surface area contributed by atoms with E-state index in [1.807, 2.05) is 36.9 Å². The van der Waals surface area contributed by atoms with E-state index in [2.05, 4.69) is 10.3 Å². The first-order chi connectivity index (χ1) is 12.0. The number of benzene rings is 1. The number of hydrogen-bond acceptors (Lipinski definition) is 3. The molecule has 0 aliphatic carbocycles. The van der Waals surface area contributed by atoms with Gasteiger partial charge in [-0.05, 0) is 62.1 Å². The molecule has 2 heterocycles. The molecule has 5 heteroatoms. The molecule has 0 saturated carbocycles. The Morgan fingerprint density at radius 3 is 2.32 bits per heavy atom. The first-order valence-electron chi connectivity index (χ1n) is 8.62. The van der Waals surface area contributed by atoms with Gasteiger partial charge in [-0.3, -0.25) is 14.6 Å². The maximum absolute atomic E-state index is 12.6. The predicted octanol–water partition coefficient (Wildman–Crippen LogP) is 2.73. The molecule has 3 rings (SSSR count). The number of nitrogens with one attached hydrogen (secondary N) is 1. The molecule has 1 saturated heterocycles. The SMILES string of the molecule is Cc1ccc(C(=O)N2CCC(NC(=O)c3ccncc3)CC2)cc1C. The van der Waals surface area contributed by atoms with Gasteiger partial charge in [0.2, 0.25) is 0 Å². The normalized spacial score (nSPS) is 15.0. The minimum atomic E-state index is -0.0821.